The van der Waals surface area contributed by atoms with E-state index < -0.39 is 0 Å². The van der Waals surface area contributed by atoms with Gasteiger partial charge in [0.05, 0.1) is 19.1 Å². The Morgan fingerprint density at radius 2 is 2.46 bits per heavy atom. The van der Waals surface area contributed by atoms with E-state index in [1.807, 2.05) is 0 Å². The zero-order valence-electron chi connectivity index (χ0n) is 7.44. The third-order valence-corrected chi connectivity index (χ3v) is 1.64. The Morgan fingerprint density at radius 1 is 1.77 bits per heavy atom. The van der Waals surface area contributed by atoms with Crippen molar-refractivity contribution in [3.8, 4) is 5.88 Å². The van der Waals surface area contributed by atoms with Crippen molar-refractivity contribution in [2.24, 2.45) is 10.9 Å². The summed E-state index contributed by atoms with van der Waals surface area (Å²) in [6, 6.07) is 0. The summed E-state index contributed by atoms with van der Waals surface area (Å²) in [5.74, 6) is 1.02. The molecule has 6 nitrogen and oxygen atoms in total. The lowest BCUT2D eigenvalue weighted by molar-refractivity contribution is 0.314. The van der Waals surface area contributed by atoms with Gasteiger partial charge in [0.15, 0.2) is 5.76 Å². The van der Waals surface area contributed by atoms with Gasteiger partial charge in [-0.25, -0.2) is 0 Å². The molecule has 0 atom stereocenters. The summed E-state index contributed by atoms with van der Waals surface area (Å²) in [7, 11) is 1.50. The van der Waals surface area contributed by atoms with E-state index in [4.69, 9.17) is 20.2 Å². The smallest absolute Gasteiger partial charge is 0.257 e. The molecule has 3 N–H and O–H groups in total. The maximum atomic E-state index is 8.32. The first-order valence-electron chi connectivity index (χ1n) is 3.64. The highest BCUT2D eigenvalue weighted by molar-refractivity contribution is 5.81. The van der Waals surface area contributed by atoms with Gasteiger partial charge in [-0.1, -0.05) is 5.16 Å². The summed E-state index contributed by atoms with van der Waals surface area (Å²) in [4.78, 5) is 0. The molecule has 1 rings (SSSR count). The predicted octanol–water partition coefficient (Wildman–Crippen LogP) is 0.281. The summed E-state index contributed by atoms with van der Waals surface area (Å²) in [6.07, 6.45) is 0.221. The van der Waals surface area contributed by atoms with Gasteiger partial charge in [-0.2, -0.15) is 0 Å². The minimum Gasteiger partial charge on any atom is -0.479 e. The highest BCUT2D eigenvalue weighted by Crippen LogP contribution is 2.19. The molecular formula is C7H11N3O3. The van der Waals surface area contributed by atoms with Gasteiger partial charge >= 0.3 is 0 Å². The van der Waals surface area contributed by atoms with E-state index in [0.29, 0.717) is 11.6 Å². The van der Waals surface area contributed by atoms with E-state index in [-0.39, 0.29) is 12.3 Å². The summed E-state index contributed by atoms with van der Waals surface area (Å²) in [5, 5.41) is 14.8. The summed E-state index contributed by atoms with van der Waals surface area (Å²) >= 11 is 0. The molecule has 1 aromatic rings. The lowest BCUT2D eigenvalue weighted by Gasteiger charge is -1.95. The molecule has 0 aliphatic carbocycles. The molecule has 0 unspecified atom stereocenters. The predicted molar refractivity (Wildman–Crippen MR) is 44.9 cm³/mol. The van der Waals surface area contributed by atoms with Crippen LogP contribution in [0.1, 0.15) is 11.3 Å². The molecule has 0 fully saturated rings. The second-order valence-electron chi connectivity index (χ2n) is 2.51. The fraction of sp³-hybridized carbons (Fsp3) is 0.429. The highest BCUT2D eigenvalue weighted by Gasteiger charge is 2.13. The van der Waals surface area contributed by atoms with E-state index >= 15 is 0 Å². The molecule has 0 saturated heterocycles. The quantitative estimate of drug-likeness (QED) is 0.305. The Labute approximate surface area is 75.0 Å². The second-order valence-corrected chi connectivity index (χ2v) is 2.51. The average molecular weight is 185 g/mol. The zero-order chi connectivity index (χ0) is 9.84. The van der Waals surface area contributed by atoms with Crippen molar-refractivity contribution in [2.75, 3.05) is 7.11 Å². The molecule has 1 aromatic heterocycles. The SMILES string of the molecule is COc1noc(C/C(N)=N/O)c1C. The monoisotopic (exact) mass is 185 g/mol. The number of nitrogens with zero attached hydrogens (tertiary/aromatic N) is 2. The van der Waals surface area contributed by atoms with Crippen LogP contribution >= 0.6 is 0 Å². The first kappa shape index (κ1) is 9.37. The maximum Gasteiger partial charge on any atom is 0.257 e. The number of oxime groups is 1. The molecule has 72 valence electrons. The summed E-state index contributed by atoms with van der Waals surface area (Å²) in [5.41, 5.74) is 6.05. The fourth-order valence-corrected chi connectivity index (χ4v) is 0.908. The molecule has 0 aliphatic rings. The number of ether oxygens (including phenoxy) is 1. The zero-order valence-corrected chi connectivity index (χ0v) is 7.44. The molecule has 0 saturated carbocycles. The lowest BCUT2D eigenvalue weighted by Crippen LogP contribution is -2.14. The van der Waals surface area contributed by atoms with Crippen LogP contribution in [-0.2, 0) is 6.42 Å². The van der Waals surface area contributed by atoms with Crippen LogP contribution in [0.25, 0.3) is 0 Å². The van der Waals surface area contributed by atoms with Crippen LogP contribution < -0.4 is 10.5 Å². The average Bonchev–Trinajstić information content (AvgIpc) is 2.48. The Balaban J connectivity index is 2.84. The van der Waals surface area contributed by atoms with Crippen molar-refractivity contribution in [3.05, 3.63) is 11.3 Å². The van der Waals surface area contributed by atoms with Crippen molar-refractivity contribution in [3.63, 3.8) is 0 Å². The van der Waals surface area contributed by atoms with Gasteiger partial charge in [0, 0.05) is 0 Å². The molecule has 13 heavy (non-hydrogen) atoms. The molecule has 0 radical (unpaired) electrons. The third kappa shape index (κ3) is 1.90. The van der Waals surface area contributed by atoms with E-state index in [2.05, 4.69) is 10.3 Å². The van der Waals surface area contributed by atoms with E-state index in [0.717, 1.165) is 5.56 Å². The first-order chi connectivity index (χ1) is 6.19. The number of nitrogens with two attached hydrogens (primary N) is 1. The number of hydrogen-bond donors (Lipinski definition) is 2. The van der Waals surface area contributed by atoms with E-state index in [1.54, 1.807) is 6.92 Å². The van der Waals surface area contributed by atoms with Gasteiger partial charge in [0.1, 0.15) is 5.84 Å². The number of aromatic nitrogens is 1. The van der Waals surface area contributed by atoms with Crippen molar-refractivity contribution >= 4 is 5.84 Å². The van der Waals surface area contributed by atoms with Gasteiger partial charge in [-0.3, -0.25) is 0 Å². The molecule has 0 bridgehead atoms. The molecule has 0 aliphatic heterocycles. The number of amidine groups is 1. The Bertz CT molecular complexity index is 319. The Hall–Kier alpha value is -1.72. The van der Waals surface area contributed by atoms with Crippen LogP contribution in [0.2, 0.25) is 0 Å². The minimum atomic E-state index is 0.0712. The van der Waals surface area contributed by atoms with Gasteiger partial charge in [0.25, 0.3) is 5.88 Å². The summed E-state index contributed by atoms with van der Waals surface area (Å²) in [6.45, 7) is 1.79. The second kappa shape index (κ2) is 3.79. The normalized spacial score (nSPS) is 11.7. The van der Waals surface area contributed by atoms with Crippen molar-refractivity contribution in [1.82, 2.24) is 5.16 Å². The summed E-state index contributed by atoms with van der Waals surface area (Å²) < 4.78 is 9.80. The molecule has 6 heteroatoms. The van der Waals surface area contributed by atoms with Crippen molar-refractivity contribution in [2.45, 2.75) is 13.3 Å². The van der Waals surface area contributed by atoms with Crippen LogP contribution in [-0.4, -0.2) is 23.3 Å². The highest BCUT2D eigenvalue weighted by atomic mass is 16.5. The van der Waals surface area contributed by atoms with Crippen LogP contribution in [0.3, 0.4) is 0 Å². The first-order valence-corrected chi connectivity index (χ1v) is 3.64. The molecule has 0 amide bonds. The van der Waals surface area contributed by atoms with Gasteiger partial charge in [0.2, 0.25) is 0 Å². The van der Waals surface area contributed by atoms with Crippen LogP contribution in [0.15, 0.2) is 9.68 Å². The van der Waals surface area contributed by atoms with Crippen molar-refractivity contribution < 1.29 is 14.5 Å². The Kier molecular flexibility index (Phi) is 2.73. The minimum absolute atomic E-state index is 0.0712. The molecular weight excluding hydrogens is 174 g/mol. The molecule has 0 spiro atoms. The van der Waals surface area contributed by atoms with Crippen molar-refractivity contribution in [1.29, 1.82) is 0 Å². The third-order valence-electron chi connectivity index (χ3n) is 1.64. The van der Waals surface area contributed by atoms with Crippen LogP contribution in [0.4, 0.5) is 0 Å². The topological polar surface area (TPSA) is 93.9 Å². The number of methoxy groups -OCH3 is 1. The maximum absolute atomic E-state index is 8.32. The molecule has 0 aromatic carbocycles. The van der Waals surface area contributed by atoms with E-state index in [1.165, 1.54) is 7.11 Å². The molecule has 1 heterocycles. The van der Waals surface area contributed by atoms with Gasteiger partial charge in [-0.05, 0) is 12.1 Å². The number of hydrogen-bond acceptors (Lipinski definition) is 5. The van der Waals surface area contributed by atoms with Gasteiger partial charge in [-0.15, -0.1) is 0 Å². The van der Waals surface area contributed by atoms with Crippen LogP contribution in [0.5, 0.6) is 5.88 Å². The van der Waals surface area contributed by atoms with E-state index in [9.17, 15) is 0 Å². The van der Waals surface area contributed by atoms with Crippen LogP contribution in [0, 0.1) is 6.92 Å². The number of rotatable bonds is 3. The Morgan fingerprint density at radius 3 is 2.92 bits per heavy atom. The standard InChI is InChI=1S/C7H11N3O3/c1-4-5(3-6(8)9-11)13-10-7(4)12-2/h11H,3H2,1-2H3,(H2,8,9). The van der Waals surface area contributed by atoms with Gasteiger partial charge < -0.3 is 20.2 Å². The fourth-order valence-electron chi connectivity index (χ4n) is 0.908. The lowest BCUT2D eigenvalue weighted by atomic mass is 10.2. The largest absolute Gasteiger partial charge is 0.479 e.